The van der Waals surface area contributed by atoms with Crippen molar-refractivity contribution < 1.29 is 9.13 Å². The lowest BCUT2D eigenvalue weighted by atomic mass is 10.2. The van der Waals surface area contributed by atoms with Gasteiger partial charge in [-0.3, -0.25) is 4.99 Å². The number of guanidine groups is 1. The van der Waals surface area contributed by atoms with Crippen molar-refractivity contribution in [2.45, 2.75) is 12.6 Å². The van der Waals surface area contributed by atoms with Crippen LogP contribution in [0, 0.1) is 5.82 Å². The number of halogens is 2. The third-order valence-electron chi connectivity index (χ3n) is 3.74. The minimum absolute atomic E-state index is 0. The van der Waals surface area contributed by atoms with Gasteiger partial charge in [-0.2, -0.15) is 0 Å². The van der Waals surface area contributed by atoms with Crippen LogP contribution in [0.5, 0.6) is 0 Å². The number of ether oxygens (including phenoxy) is 1. The van der Waals surface area contributed by atoms with E-state index in [1.54, 1.807) is 19.2 Å². The number of nitrogens with one attached hydrogen (secondary N) is 1. The predicted octanol–water partition coefficient (Wildman–Crippen LogP) is 1.78. The molecule has 1 aliphatic heterocycles. The van der Waals surface area contributed by atoms with Crippen LogP contribution in [-0.2, 0) is 11.3 Å². The molecule has 1 unspecified atom stereocenters. The van der Waals surface area contributed by atoms with Crippen molar-refractivity contribution in [1.29, 1.82) is 0 Å². The van der Waals surface area contributed by atoms with Crippen molar-refractivity contribution in [1.82, 2.24) is 15.1 Å². The Morgan fingerprint density at radius 2 is 2.13 bits per heavy atom. The zero-order chi connectivity index (χ0) is 15.9. The highest BCUT2D eigenvalue weighted by Gasteiger charge is 2.18. The Morgan fingerprint density at radius 1 is 1.43 bits per heavy atom. The lowest BCUT2D eigenvalue weighted by Crippen LogP contribution is -2.48. The molecule has 1 atom stereocenters. The molecule has 0 aliphatic carbocycles. The molecule has 1 fully saturated rings. The van der Waals surface area contributed by atoms with Gasteiger partial charge in [-0.25, -0.2) is 4.39 Å². The minimum Gasteiger partial charge on any atom is -0.374 e. The summed E-state index contributed by atoms with van der Waals surface area (Å²) in [6, 6.07) is 6.53. The van der Waals surface area contributed by atoms with E-state index in [2.05, 4.69) is 22.3 Å². The minimum atomic E-state index is -0.215. The summed E-state index contributed by atoms with van der Waals surface area (Å²) < 4.78 is 18.7. The Balaban J connectivity index is 0.00000264. The number of benzene rings is 1. The van der Waals surface area contributed by atoms with Gasteiger partial charge in [0, 0.05) is 40.3 Å². The average Bonchev–Trinajstić information content (AvgIpc) is 2.50. The smallest absolute Gasteiger partial charge is 0.193 e. The van der Waals surface area contributed by atoms with Gasteiger partial charge in [-0.15, -0.1) is 24.0 Å². The van der Waals surface area contributed by atoms with Gasteiger partial charge >= 0.3 is 0 Å². The third kappa shape index (κ3) is 6.60. The molecule has 1 N–H and O–H groups in total. The van der Waals surface area contributed by atoms with Gasteiger partial charge in [0.25, 0.3) is 0 Å². The molecule has 1 saturated heterocycles. The van der Waals surface area contributed by atoms with E-state index in [0.717, 1.165) is 37.8 Å². The first-order chi connectivity index (χ1) is 10.6. The number of aliphatic imine (C=N–C) groups is 1. The van der Waals surface area contributed by atoms with Crippen LogP contribution in [0.15, 0.2) is 29.3 Å². The fraction of sp³-hybridized carbons (Fsp3) is 0.562. The van der Waals surface area contributed by atoms with Gasteiger partial charge in [0.1, 0.15) is 5.82 Å². The summed E-state index contributed by atoms with van der Waals surface area (Å²) in [7, 11) is 5.83. The highest BCUT2D eigenvalue weighted by Crippen LogP contribution is 2.06. The largest absolute Gasteiger partial charge is 0.374 e. The number of rotatable bonds is 4. The van der Waals surface area contributed by atoms with Crippen LogP contribution in [-0.4, -0.2) is 69.2 Å². The number of likely N-dealkylation sites (N-methyl/N-ethyl adjacent to an activating group) is 1. The zero-order valence-corrected chi connectivity index (χ0v) is 16.3. The summed E-state index contributed by atoms with van der Waals surface area (Å²) in [6.45, 7) is 4.07. The van der Waals surface area contributed by atoms with Crippen molar-refractivity contribution in [2.24, 2.45) is 4.99 Å². The molecule has 0 bridgehead atoms. The fourth-order valence-corrected chi connectivity index (χ4v) is 2.52. The lowest BCUT2D eigenvalue weighted by molar-refractivity contribution is -0.0163. The SMILES string of the molecule is CN=C(NCC1CN(C)CCO1)N(C)Cc1ccc(F)cc1.I. The first-order valence-electron chi connectivity index (χ1n) is 7.55. The maximum atomic E-state index is 12.9. The molecular formula is C16H26FIN4O. The molecule has 1 aromatic carbocycles. The Morgan fingerprint density at radius 3 is 2.74 bits per heavy atom. The van der Waals surface area contributed by atoms with Gasteiger partial charge in [-0.1, -0.05) is 12.1 Å². The average molecular weight is 436 g/mol. The number of hydrogen-bond donors (Lipinski definition) is 1. The van der Waals surface area contributed by atoms with Crippen LogP contribution in [0.1, 0.15) is 5.56 Å². The molecule has 7 heteroatoms. The monoisotopic (exact) mass is 436 g/mol. The van der Waals surface area contributed by atoms with Crippen molar-refractivity contribution in [3.05, 3.63) is 35.6 Å². The van der Waals surface area contributed by atoms with Crippen LogP contribution in [0.4, 0.5) is 4.39 Å². The molecule has 0 amide bonds. The second-order valence-corrected chi connectivity index (χ2v) is 5.67. The maximum absolute atomic E-state index is 12.9. The summed E-state index contributed by atoms with van der Waals surface area (Å²) in [4.78, 5) is 8.57. The second-order valence-electron chi connectivity index (χ2n) is 5.67. The van der Waals surface area contributed by atoms with E-state index in [1.165, 1.54) is 12.1 Å². The van der Waals surface area contributed by atoms with Crippen molar-refractivity contribution in [3.63, 3.8) is 0 Å². The first kappa shape index (κ1) is 20.1. The standard InChI is InChI=1S/C16H25FN4O.HI/c1-18-16(19-10-15-12-20(2)8-9-22-15)21(3)11-13-4-6-14(17)7-5-13;/h4-7,15H,8-12H2,1-3H3,(H,18,19);1H. The molecule has 1 heterocycles. The van der Waals surface area contributed by atoms with Crippen LogP contribution in [0.25, 0.3) is 0 Å². The predicted molar refractivity (Wildman–Crippen MR) is 102 cm³/mol. The van der Waals surface area contributed by atoms with E-state index in [4.69, 9.17) is 4.74 Å². The molecule has 130 valence electrons. The number of nitrogens with zero attached hydrogens (tertiary/aromatic N) is 3. The Bertz CT molecular complexity index is 497. The summed E-state index contributed by atoms with van der Waals surface area (Å²) in [5, 5.41) is 3.34. The second kappa shape index (κ2) is 10.0. The molecule has 1 aliphatic rings. The van der Waals surface area contributed by atoms with Crippen molar-refractivity contribution in [3.8, 4) is 0 Å². The molecule has 23 heavy (non-hydrogen) atoms. The summed E-state index contributed by atoms with van der Waals surface area (Å²) >= 11 is 0. The van der Waals surface area contributed by atoms with Crippen LogP contribution < -0.4 is 5.32 Å². The van der Waals surface area contributed by atoms with Crippen molar-refractivity contribution in [2.75, 3.05) is 47.4 Å². The summed E-state index contributed by atoms with van der Waals surface area (Å²) in [5.74, 6) is 0.591. The van der Waals surface area contributed by atoms with Crippen LogP contribution >= 0.6 is 24.0 Å². The Labute approximate surface area is 154 Å². The molecule has 0 aromatic heterocycles. The molecule has 0 radical (unpaired) electrons. The number of morpholine rings is 1. The van der Waals surface area contributed by atoms with Gasteiger partial charge in [-0.05, 0) is 24.7 Å². The van der Waals surface area contributed by atoms with Gasteiger partial charge in [0.15, 0.2) is 5.96 Å². The van der Waals surface area contributed by atoms with Crippen LogP contribution in [0.2, 0.25) is 0 Å². The van der Waals surface area contributed by atoms with E-state index in [-0.39, 0.29) is 35.9 Å². The third-order valence-corrected chi connectivity index (χ3v) is 3.74. The normalized spacial score (nSPS) is 19.1. The van der Waals surface area contributed by atoms with E-state index in [0.29, 0.717) is 6.54 Å². The lowest BCUT2D eigenvalue weighted by Gasteiger charge is -2.31. The molecule has 0 spiro atoms. The Kier molecular flexibility index (Phi) is 8.78. The maximum Gasteiger partial charge on any atom is 0.193 e. The zero-order valence-electron chi connectivity index (χ0n) is 14.0. The topological polar surface area (TPSA) is 40.1 Å². The fourth-order valence-electron chi connectivity index (χ4n) is 2.52. The summed E-state index contributed by atoms with van der Waals surface area (Å²) in [5.41, 5.74) is 1.04. The quantitative estimate of drug-likeness (QED) is 0.444. The van der Waals surface area contributed by atoms with E-state index in [1.807, 2.05) is 11.9 Å². The highest BCUT2D eigenvalue weighted by molar-refractivity contribution is 14.0. The van der Waals surface area contributed by atoms with Crippen LogP contribution in [0.3, 0.4) is 0 Å². The summed E-state index contributed by atoms with van der Waals surface area (Å²) in [6.07, 6.45) is 0.176. The van der Waals surface area contributed by atoms with Crippen molar-refractivity contribution >= 4 is 29.9 Å². The highest BCUT2D eigenvalue weighted by atomic mass is 127. The van der Waals surface area contributed by atoms with E-state index >= 15 is 0 Å². The molecule has 5 nitrogen and oxygen atoms in total. The molecule has 0 saturated carbocycles. The Hall–Kier alpha value is -0.930. The van der Waals surface area contributed by atoms with Gasteiger partial charge in [0.05, 0.1) is 12.7 Å². The van der Waals surface area contributed by atoms with Gasteiger partial charge < -0.3 is 19.9 Å². The van der Waals surface area contributed by atoms with E-state index in [9.17, 15) is 4.39 Å². The first-order valence-corrected chi connectivity index (χ1v) is 7.55. The molecule has 1 aromatic rings. The number of hydrogen-bond acceptors (Lipinski definition) is 3. The van der Waals surface area contributed by atoms with E-state index < -0.39 is 0 Å². The van der Waals surface area contributed by atoms with Gasteiger partial charge in [0.2, 0.25) is 0 Å². The molecule has 2 rings (SSSR count). The molecular weight excluding hydrogens is 410 g/mol.